The summed E-state index contributed by atoms with van der Waals surface area (Å²) in [5, 5.41) is 0. The molecule has 200 valence electrons. The van der Waals surface area contributed by atoms with Gasteiger partial charge in [0.25, 0.3) is 0 Å². The standard InChI is InChI=1S/C30H44O6/c1-18(2)22-11-30-9-6-24-28(3,7-5-8-29(24,4)26(31)17-33-13-19-14-34-19)25(30)10-21(22)23(12-30)27(32)36-16-20-15-35-20/h11,18-21,23-25H,5-10,12-17H2,1-4H3. The first-order chi connectivity index (χ1) is 17.2. The van der Waals surface area contributed by atoms with Gasteiger partial charge in [-0.2, -0.15) is 0 Å². The van der Waals surface area contributed by atoms with Crippen molar-refractivity contribution in [1.29, 1.82) is 0 Å². The topological polar surface area (TPSA) is 77.7 Å². The van der Waals surface area contributed by atoms with Gasteiger partial charge in [0, 0.05) is 5.41 Å². The van der Waals surface area contributed by atoms with Crippen LogP contribution in [-0.2, 0) is 28.5 Å². The molecule has 7 aliphatic rings. The minimum absolute atomic E-state index is 0.0210. The lowest BCUT2D eigenvalue weighted by Crippen LogP contribution is -2.62. The summed E-state index contributed by atoms with van der Waals surface area (Å²) >= 11 is 0. The maximum Gasteiger partial charge on any atom is 0.309 e. The normalized spacial score (nSPS) is 46.5. The summed E-state index contributed by atoms with van der Waals surface area (Å²) in [4.78, 5) is 26.9. The fourth-order valence-corrected chi connectivity index (χ4v) is 9.21. The number of ether oxygens (including phenoxy) is 4. The SMILES string of the molecule is CC(C)C1=CC23CCC4C(C)(C(=O)COCC5CO5)CCCC4(C)C2CC1C(C(=O)OCC1CO1)C3. The van der Waals surface area contributed by atoms with Crippen molar-refractivity contribution in [2.45, 2.75) is 84.8 Å². The molecule has 6 heteroatoms. The molecule has 3 saturated carbocycles. The van der Waals surface area contributed by atoms with Crippen LogP contribution in [0.3, 0.4) is 0 Å². The van der Waals surface area contributed by atoms with E-state index in [1.165, 1.54) is 12.0 Å². The molecule has 36 heavy (non-hydrogen) atoms. The van der Waals surface area contributed by atoms with Crippen molar-refractivity contribution in [1.82, 2.24) is 0 Å². The van der Waals surface area contributed by atoms with Gasteiger partial charge in [-0.1, -0.05) is 45.8 Å². The molecule has 5 fully saturated rings. The molecule has 5 aliphatic carbocycles. The molecule has 6 nitrogen and oxygen atoms in total. The zero-order chi connectivity index (χ0) is 25.3. The van der Waals surface area contributed by atoms with Crippen LogP contribution in [0.4, 0.5) is 0 Å². The highest BCUT2D eigenvalue weighted by Gasteiger charge is 2.66. The van der Waals surface area contributed by atoms with E-state index in [1.54, 1.807) is 0 Å². The number of fused-ring (bicyclic) bond motifs is 2. The number of carbonyl (C=O) groups excluding carboxylic acids is 2. The minimum Gasteiger partial charge on any atom is -0.463 e. The van der Waals surface area contributed by atoms with Crippen LogP contribution in [0, 0.1) is 45.8 Å². The molecule has 0 N–H and O–H groups in total. The van der Waals surface area contributed by atoms with Crippen LogP contribution in [0.5, 0.6) is 0 Å². The molecule has 1 spiro atoms. The molecule has 0 radical (unpaired) electrons. The number of hydrogen-bond donors (Lipinski definition) is 0. The van der Waals surface area contributed by atoms with Crippen molar-refractivity contribution in [2.75, 3.05) is 33.0 Å². The van der Waals surface area contributed by atoms with Crippen molar-refractivity contribution < 1.29 is 28.5 Å². The third kappa shape index (κ3) is 4.10. The molecular formula is C30H44O6. The summed E-state index contributed by atoms with van der Waals surface area (Å²) in [7, 11) is 0. The summed E-state index contributed by atoms with van der Waals surface area (Å²) in [5.41, 5.74) is 1.28. The maximum atomic E-state index is 13.6. The zero-order valence-corrected chi connectivity index (χ0v) is 22.6. The fourth-order valence-electron chi connectivity index (χ4n) is 9.21. The number of ketones is 1. The lowest BCUT2D eigenvalue weighted by Gasteiger charge is -2.67. The van der Waals surface area contributed by atoms with E-state index in [-0.39, 0.29) is 58.6 Å². The molecular weight excluding hydrogens is 456 g/mol. The van der Waals surface area contributed by atoms with Crippen molar-refractivity contribution in [3.05, 3.63) is 11.6 Å². The van der Waals surface area contributed by atoms with Crippen LogP contribution >= 0.6 is 0 Å². The highest BCUT2D eigenvalue weighted by molar-refractivity contribution is 5.86. The van der Waals surface area contributed by atoms with Gasteiger partial charge in [-0.3, -0.25) is 9.59 Å². The minimum atomic E-state index is -0.330. The monoisotopic (exact) mass is 500 g/mol. The van der Waals surface area contributed by atoms with Gasteiger partial charge >= 0.3 is 5.97 Å². The number of epoxide rings is 2. The fraction of sp³-hybridized carbons (Fsp3) is 0.867. The maximum absolute atomic E-state index is 13.6. The van der Waals surface area contributed by atoms with Gasteiger partial charge in [0.1, 0.15) is 25.4 Å². The molecule has 2 heterocycles. The van der Waals surface area contributed by atoms with Crippen LogP contribution in [0.2, 0.25) is 0 Å². The first-order valence-corrected chi connectivity index (χ1v) is 14.4. The quantitative estimate of drug-likeness (QED) is 0.258. The molecule has 2 saturated heterocycles. The van der Waals surface area contributed by atoms with E-state index in [4.69, 9.17) is 18.9 Å². The Balaban J connectivity index is 1.25. The van der Waals surface area contributed by atoms with Gasteiger partial charge < -0.3 is 18.9 Å². The number of Topliss-reactive ketones (excluding diaryl/α,β-unsaturated/α-hetero) is 1. The second kappa shape index (κ2) is 8.91. The Morgan fingerprint density at radius 3 is 2.47 bits per heavy atom. The Hall–Kier alpha value is -1.24. The van der Waals surface area contributed by atoms with Crippen LogP contribution in [0.1, 0.15) is 72.6 Å². The zero-order valence-electron chi connectivity index (χ0n) is 22.6. The first kappa shape index (κ1) is 25.1. The van der Waals surface area contributed by atoms with E-state index < -0.39 is 0 Å². The number of rotatable bonds is 9. The van der Waals surface area contributed by atoms with Gasteiger partial charge in [0.2, 0.25) is 0 Å². The molecule has 2 aliphatic heterocycles. The molecule has 0 amide bonds. The predicted octanol–water partition coefficient (Wildman–Crippen LogP) is 4.74. The summed E-state index contributed by atoms with van der Waals surface area (Å²) in [5.74, 6) is 1.79. The summed E-state index contributed by atoms with van der Waals surface area (Å²) < 4.78 is 22.1. The van der Waals surface area contributed by atoms with Crippen LogP contribution in [-0.4, -0.2) is 57.0 Å². The Morgan fingerprint density at radius 2 is 1.78 bits per heavy atom. The second-order valence-electron chi connectivity index (χ2n) is 13.6. The van der Waals surface area contributed by atoms with E-state index in [0.717, 1.165) is 45.1 Å². The van der Waals surface area contributed by atoms with Gasteiger partial charge in [0.05, 0.1) is 25.7 Å². The Bertz CT molecular complexity index is 934. The van der Waals surface area contributed by atoms with E-state index >= 15 is 0 Å². The summed E-state index contributed by atoms with van der Waals surface area (Å²) in [6.07, 6.45) is 10.2. The highest BCUT2D eigenvalue weighted by Crippen LogP contribution is 2.72. The van der Waals surface area contributed by atoms with E-state index in [2.05, 4.69) is 33.8 Å². The number of hydrogen-bond acceptors (Lipinski definition) is 6. The molecule has 0 aromatic rings. The van der Waals surface area contributed by atoms with Crippen LogP contribution in [0.25, 0.3) is 0 Å². The summed E-state index contributed by atoms with van der Waals surface area (Å²) in [6.45, 7) is 11.9. The molecule has 2 bridgehead atoms. The van der Waals surface area contributed by atoms with Crippen molar-refractivity contribution in [3.63, 3.8) is 0 Å². The largest absolute Gasteiger partial charge is 0.463 e. The van der Waals surface area contributed by atoms with E-state index in [9.17, 15) is 9.59 Å². The molecule has 7 rings (SSSR count). The van der Waals surface area contributed by atoms with Crippen molar-refractivity contribution in [2.24, 2.45) is 45.8 Å². The number of esters is 1. The number of allylic oxidation sites excluding steroid dienone is 2. The Labute approximate surface area is 215 Å². The van der Waals surface area contributed by atoms with Crippen LogP contribution < -0.4 is 0 Å². The third-order valence-corrected chi connectivity index (χ3v) is 11.2. The van der Waals surface area contributed by atoms with Crippen molar-refractivity contribution in [3.8, 4) is 0 Å². The molecule has 9 unspecified atom stereocenters. The van der Waals surface area contributed by atoms with Crippen LogP contribution in [0.15, 0.2) is 11.6 Å². The molecule has 9 atom stereocenters. The van der Waals surface area contributed by atoms with Gasteiger partial charge in [-0.05, 0) is 73.0 Å². The predicted molar refractivity (Wildman–Crippen MR) is 134 cm³/mol. The lowest BCUT2D eigenvalue weighted by atomic mass is 9.36. The highest BCUT2D eigenvalue weighted by atomic mass is 16.6. The Kier molecular flexibility index (Phi) is 6.20. The molecule has 0 aromatic heterocycles. The van der Waals surface area contributed by atoms with Crippen molar-refractivity contribution >= 4 is 11.8 Å². The van der Waals surface area contributed by atoms with Gasteiger partial charge in [-0.25, -0.2) is 0 Å². The first-order valence-electron chi connectivity index (χ1n) is 14.4. The Morgan fingerprint density at radius 1 is 1.06 bits per heavy atom. The lowest BCUT2D eigenvalue weighted by molar-refractivity contribution is -0.181. The third-order valence-electron chi connectivity index (χ3n) is 11.2. The summed E-state index contributed by atoms with van der Waals surface area (Å²) in [6, 6.07) is 0. The van der Waals surface area contributed by atoms with Gasteiger partial charge in [-0.15, -0.1) is 0 Å². The molecule has 0 aromatic carbocycles. The second-order valence-corrected chi connectivity index (χ2v) is 13.6. The van der Waals surface area contributed by atoms with E-state index in [0.29, 0.717) is 37.6 Å². The van der Waals surface area contributed by atoms with Gasteiger partial charge in [0.15, 0.2) is 5.78 Å². The number of carbonyl (C=O) groups is 2. The van der Waals surface area contributed by atoms with E-state index in [1.807, 2.05) is 0 Å². The average Bonchev–Trinajstić information content (AvgIpc) is 3.77. The smallest absolute Gasteiger partial charge is 0.309 e. The average molecular weight is 501 g/mol.